The van der Waals surface area contributed by atoms with Gasteiger partial charge in [0.2, 0.25) is 0 Å². The van der Waals surface area contributed by atoms with E-state index in [1.165, 1.54) is 28.2 Å². The lowest BCUT2D eigenvalue weighted by molar-refractivity contribution is -0.119. The minimum atomic E-state index is -0.274. The largest absolute Gasteiger partial charge is 0.269 e. The molecule has 21 heavy (non-hydrogen) atoms. The van der Waals surface area contributed by atoms with Crippen LogP contribution in [0.2, 0.25) is 0 Å². The van der Waals surface area contributed by atoms with E-state index in [2.05, 4.69) is 25.2 Å². The summed E-state index contributed by atoms with van der Waals surface area (Å²) in [5.74, 6) is -0.0246. The summed E-state index contributed by atoms with van der Waals surface area (Å²) in [7, 11) is 0. The molecule has 0 saturated heterocycles. The normalized spacial score (nSPS) is 21.1. The molecule has 0 saturated carbocycles. The van der Waals surface area contributed by atoms with E-state index in [4.69, 9.17) is 0 Å². The molecule has 2 amide bonds. The second-order valence-corrected chi connectivity index (χ2v) is 5.52. The van der Waals surface area contributed by atoms with E-state index in [0.29, 0.717) is 11.6 Å². The first-order chi connectivity index (χ1) is 10.1. The lowest BCUT2D eigenvalue weighted by Crippen LogP contribution is -2.29. The highest BCUT2D eigenvalue weighted by atomic mass is 16.2. The average Bonchev–Trinajstić information content (AvgIpc) is 2.82. The van der Waals surface area contributed by atoms with Gasteiger partial charge in [-0.1, -0.05) is 35.9 Å². The van der Waals surface area contributed by atoms with Gasteiger partial charge >= 0.3 is 0 Å². The second kappa shape index (κ2) is 5.52. The van der Waals surface area contributed by atoms with Gasteiger partial charge in [0.15, 0.2) is 0 Å². The number of carbonyl (C=O) groups excluding carboxylic acids is 2. The van der Waals surface area contributed by atoms with Crippen molar-refractivity contribution in [3.8, 4) is 0 Å². The van der Waals surface area contributed by atoms with Gasteiger partial charge in [-0.3, -0.25) is 9.59 Å². The lowest BCUT2D eigenvalue weighted by atomic mass is 9.91. The summed E-state index contributed by atoms with van der Waals surface area (Å²) in [6.07, 6.45) is 11.3. The van der Waals surface area contributed by atoms with Gasteiger partial charge in [-0.15, -0.1) is 0 Å². The quantitative estimate of drug-likeness (QED) is 0.797. The van der Waals surface area contributed by atoms with Crippen molar-refractivity contribution >= 4 is 17.5 Å². The Morgan fingerprint density at radius 3 is 2.29 bits per heavy atom. The van der Waals surface area contributed by atoms with Gasteiger partial charge in [0.25, 0.3) is 11.8 Å². The summed E-state index contributed by atoms with van der Waals surface area (Å²) in [6, 6.07) is 7.66. The fourth-order valence-corrected chi connectivity index (χ4v) is 2.66. The van der Waals surface area contributed by atoms with E-state index in [9.17, 15) is 9.59 Å². The van der Waals surface area contributed by atoms with E-state index in [1.807, 2.05) is 24.3 Å². The van der Waals surface area contributed by atoms with Crippen molar-refractivity contribution in [2.45, 2.75) is 19.8 Å². The fourth-order valence-electron chi connectivity index (χ4n) is 2.66. The van der Waals surface area contributed by atoms with Crippen molar-refractivity contribution in [2.75, 3.05) is 4.90 Å². The summed E-state index contributed by atoms with van der Waals surface area (Å²) < 4.78 is 0. The van der Waals surface area contributed by atoms with Gasteiger partial charge in [0.1, 0.15) is 0 Å². The van der Waals surface area contributed by atoms with Gasteiger partial charge < -0.3 is 0 Å². The molecular weight excluding hydrogens is 262 g/mol. The van der Waals surface area contributed by atoms with Crippen molar-refractivity contribution in [2.24, 2.45) is 5.92 Å². The number of nitrogens with zero attached hydrogens (tertiary/aromatic N) is 1. The molecule has 0 aromatic heterocycles. The predicted molar refractivity (Wildman–Crippen MR) is 82.8 cm³/mol. The lowest BCUT2D eigenvalue weighted by Gasteiger charge is -2.17. The van der Waals surface area contributed by atoms with E-state index < -0.39 is 0 Å². The Hall–Kier alpha value is -2.42. The molecule has 1 aliphatic carbocycles. The van der Waals surface area contributed by atoms with Crippen molar-refractivity contribution < 1.29 is 9.59 Å². The summed E-state index contributed by atoms with van der Waals surface area (Å²) in [4.78, 5) is 24.4. The fraction of sp³-hybridized carbons (Fsp3) is 0.222. The predicted octanol–water partition coefficient (Wildman–Crippen LogP) is 3.18. The zero-order chi connectivity index (χ0) is 14.8. The van der Waals surface area contributed by atoms with Crippen LogP contribution in [0.5, 0.6) is 0 Å². The van der Waals surface area contributed by atoms with Crippen molar-refractivity contribution in [3.05, 3.63) is 65.8 Å². The Bertz CT molecular complexity index is 647. The third-order valence-corrected chi connectivity index (χ3v) is 3.88. The molecule has 1 aromatic carbocycles. The molecule has 1 atom stereocenters. The van der Waals surface area contributed by atoms with Crippen LogP contribution < -0.4 is 4.90 Å². The third-order valence-electron chi connectivity index (χ3n) is 3.88. The molecule has 0 bridgehead atoms. The summed E-state index contributed by atoms with van der Waals surface area (Å²) in [5, 5.41) is 0. The molecule has 2 aliphatic rings. The summed E-state index contributed by atoms with van der Waals surface area (Å²) in [6.45, 7) is 2.11. The Morgan fingerprint density at radius 2 is 1.71 bits per heavy atom. The number of benzene rings is 1. The molecule has 0 fully saturated rings. The Balaban J connectivity index is 1.69. The first-order valence-electron chi connectivity index (χ1n) is 7.13. The minimum absolute atomic E-state index is 0.274. The van der Waals surface area contributed by atoms with Crippen LogP contribution in [0.3, 0.4) is 0 Å². The maximum absolute atomic E-state index is 11.6. The number of hydrogen-bond acceptors (Lipinski definition) is 2. The van der Waals surface area contributed by atoms with Crippen LogP contribution in [-0.4, -0.2) is 11.8 Å². The minimum Gasteiger partial charge on any atom is -0.269 e. The molecule has 0 N–H and O–H groups in total. The van der Waals surface area contributed by atoms with Crippen LogP contribution in [-0.2, 0) is 16.0 Å². The van der Waals surface area contributed by atoms with Crippen LogP contribution in [0.15, 0.2) is 60.2 Å². The van der Waals surface area contributed by atoms with Gasteiger partial charge in [0.05, 0.1) is 5.69 Å². The van der Waals surface area contributed by atoms with Crippen LogP contribution in [0.1, 0.15) is 18.9 Å². The highest BCUT2D eigenvalue weighted by molar-refractivity contribution is 6.28. The van der Waals surface area contributed by atoms with Gasteiger partial charge in [-0.05, 0) is 43.4 Å². The zero-order valence-electron chi connectivity index (χ0n) is 12.0. The number of carbonyl (C=O) groups is 2. The topological polar surface area (TPSA) is 37.4 Å². The molecule has 1 aromatic rings. The average molecular weight is 279 g/mol. The SMILES string of the molecule is CC1=CCC(Cc2ccc(N3C(=O)C=CC3=O)cc2)C=C1. The maximum atomic E-state index is 11.6. The highest BCUT2D eigenvalue weighted by Crippen LogP contribution is 2.23. The van der Waals surface area contributed by atoms with Gasteiger partial charge in [-0.25, -0.2) is 4.90 Å². The molecule has 1 unspecified atom stereocenters. The number of hydrogen-bond donors (Lipinski definition) is 0. The number of amides is 2. The number of rotatable bonds is 3. The monoisotopic (exact) mass is 279 g/mol. The second-order valence-electron chi connectivity index (χ2n) is 5.52. The molecule has 1 heterocycles. The Morgan fingerprint density at radius 1 is 1.05 bits per heavy atom. The first kappa shape index (κ1) is 13.6. The highest BCUT2D eigenvalue weighted by Gasteiger charge is 2.24. The molecule has 1 aliphatic heterocycles. The molecule has 0 radical (unpaired) electrons. The van der Waals surface area contributed by atoms with E-state index in [-0.39, 0.29) is 11.8 Å². The van der Waals surface area contributed by atoms with E-state index in [1.54, 1.807) is 0 Å². The molecule has 3 rings (SSSR count). The van der Waals surface area contributed by atoms with Crippen LogP contribution in [0, 0.1) is 5.92 Å². The first-order valence-corrected chi connectivity index (χ1v) is 7.13. The smallest absolute Gasteiger partial charge is 0.258 e. The Labute approximate surface area is 124 Å². The summed E-state index contributed by atoms with van der Waals surface area (Å²) in [5.41, 5.74) is 3.17. The standard InChI is InChI=1S/C18H17NO2/c1-13-2-4-14(5-3-13)12-15-6-8-16(9-7-15)19-17(20)10-11-18(19)21/h2-4,6-11,14H,5,12H2,1H3. The number of allylic oxidation sites excluding steroid dienone is 4. The van der Waals surface area contributed by atoms with Crippen molar-refractivity contribution in [1.29, 1.82) is 0 Å². The molecule has 106 valence electrons. The molecule has 3 nitrogen and oxygen atoms in total. The molecular formula is C18H17NO2. The maximum Gasteiger partial charge on any atom is 0.258 e. The van der Waals surface area contributed by atoms with Crippen molar-refractivity contribution in [3.63, 3.8) is 0 Å². The number of imide groups is 1. The van der Waals surface area contributed by atoms with E-state index >= 15 is 0 Å². The van der Waals surface area contributed by atoms with E-state index in [0.717, 1.165) is 12.8 Å². The number of anilines is 1. The molecule has 0 spiro atoms. The molecule has 3 heteroatoms. The van der Waals surface area contributed by atoms with Crippen molar-refractivity contribution in [1.82, 2.24) is 0 Å². The van der Waals surface area contributed by atoms with Crippen LogP contribution in [0.4, 0.5) is 5.69 Å². The Kier molecular flexibility index (Phi) is 3.57. The third kappa shape index (κ3) is 2.87. The zero-order valence-corrected chi connectivity index (χ0v) is 12.0. The van der Waals surface area contributed by atoms with Gasteiger partial charge in [0, 0.05) is 12.2 Å². The van der Waals surface area contributed by atoms with Crippen LogP contribution in [0.25, 0.3) is 0 Å². The van der Waals surface area contributed by atoms with Crippen LogP contribution >= 0.6 is 0 Å². The van der Waals surface area contributed by atoms with Gasteiger partial charge in [-0.2, -0.15) is 0 Å². The summed E-state index contributed by atoms with van der Waals surface area (Å²) >= 11 is 0.